The third-order valence-corrected chi connectivity index (χ3v) is 4.85. The lowest BCUT2D eigenvalue weighted by molar-refractivity contribution is -0.126. The van der Waals surface area contributed by atoms with E-state index in [-0.39, 0.29) is 29.6 Å². The number of rotatable bonds is 5. The Kier molecular flexibility index (Phi) is 4.97. The third kappa shape index (κ3) is 4.02. The third-order valence-electron chi connectivity index (χ3n) is 4.85. The van der Waals surface area contributed by atoms with Crippen LogP contribution in [-0.2, 0) is 4.79 Å². The fourth-order valence-corrected chi connectivity index (χ4v) is 3.36. The van der Waals surface area contributed by atoms with E-state index in [1.807, 2.05) is 0 Å². The van der Waals surface area contributed by atoms with Gasteiger partial charge in [-0.2, -0.15) is 0 Å². The standard InChI is InChI=1S/C19H24N2O3/c1-12(22)16-7-2-3-8-17(16)19(24)21-15-6-4-5-13(11-15)18(23)20-14-9-10-14/h2-3,7-8,13-15H,4-6,9-11H2,1H3,(H,20,23)(H,21,24)/t13-,15+/m1/s1. The zero-order valence-electron chi connectivity index (χ0n) is 14.0. The first kappa shape index (κ1) is 16.7. The van der Waals surface area contributed by atoms with Crippen molar-refractivity contribution in [2.45, 2.75) is 57.5 Å². The van der Waals surface area contributed by atoms with Gasteiger partial charge in [-0.3, -0.25) is 14.4 Å². The Morgan fingerprint density at radius 3 is 2.29 bits per heavy atom. The molecule has 0 aliphatic heterocycles. The summed E-state index contributed by atoms with van der Waals surface area (Å²) in [4.78, 5) is 36.4. The molecule has 2 N–H and O–H groups in total. The van der Waals surface area contributed by atoms with Gasteiger partial charge >= 0.3 is 0 Å². The Hall–Kier alpha value is -2.17. The molecule has 0 bridgehead atoms. The van der Waals surface area contributed by atoms with Gasteiger partial charge in [-0.05, 0) is 45.1 Å². The van der Waals surface area contributed by atoms with E-state index < -0.39 is 0 Å². The molecule has 24 heavy (non-hydrogen) atoms. The lowest BCUT2D eigenvalue weighted by Crippen LogP contribution is -2.43. The second kappa shape index (κ2) is 7.16. The summed E-state index contributed by atoms with van der Waals surface area (Å²) in [6.45, 7) is 1.46. The van der Waals surface area contributed by atoms with Gasteiger partial charge in [0, 0.05) is 23.6 Å². The fraction of sp³-hybridized carbons (Fsp3) is 0.526. The van der Waals surface area contributed by atoms with Crippen LogP contribution in [0.25, 0.3) is 0 Å². The second-order valence-corrected chi connectivity index (χ2v) is 6.92. The van der Waals surface area contributed by atoms with E-state index in [0.717, 1.165) is 32.1 Å². The van der Waals surface area contributed by atoms with Gasteiger partial charge in [-0.1, -0.05) is 24.6 Å². The van der Waals surface area contributed by atoms with Gasteiger partial charge in [0.25, 0.3) is 5.91 Å². The number of Topliss-reactive ketones (excluding diaryl/α,β-unsaturated/α-hetero) is 1. The molecular weight excluding hydrogens is 304 g/mol. The topological polar surface area (TPSA) is 75.3 Å². The van der Waals surface area contributed by atoms with Crippen molar-refractivity contribution in [2.75, 3.05) is 0 Å². The van der Waals surface area contributed by atoms with Crippen LogP contribution in [0, 0.1) is 5.92 Å². The molecule has 0 saturated heterocycles. The molecule has 3 rings (SSSR count). The fourth-order valence-electron chi connectivity index (χ4n) is 3.36. The maximum Gasteiger partial charge on any atom is 0.252 e. The number of hydrogen-bond acceptors (Lipinski definition) is 3. The smallest absolute Gasteiger partial charge is 0.252 e. The summed E-state index contributed by atoms with van der Waals surface area (Å²) in [6, 6.07) is 7.22. The van der Waals surface area contributed by atoms with Crippen molar-refractivity contribution in [3.63, 3.8) is 0 Å². The summed E-state index contributed by atoms with van der Waals surface area (Å²) in [5.74, 6) is -0.242. The largest absolute Gasteiger partial charge is 0.353 e. The average molecular weight is 328 g/mol. The summed E-state index contributed by atoms with van der Waals surface area (Å²) in [6.07, 6.45) is 5.53. The van der Waals surface area contributed by atoms with Crippen molar-refractivity contribution in [3.05, 3.63) is 35.4 Å². The SMILES string of the molecule is CC(=O)c1ccccc1C(=O)N[C@H]1CCC[C@@H](C(=O)NC2CC2)C1. The lowest BCUT2D eigenvalue weighted by atomic mass is 9.85. The van der Waals surface area contributed by atoms with E-state index in [1.165, 1.54) is 6.92 Å². The molecule has 1 aromatic rings. The Labute approximate surface area is 142 Å². The number of ketones is 1. The number of hydrogen-bond donors (Lipinski definition) is 2. The van der Waals surface area contributed by atoms with Gasteiger partial charge < -0.3 is 10.6 Å². The van der Waals surface area contributed by atoms with Crippen molar-refractivity contribution in [1.82, 2.24) is 10.6 Å². The summed E-state index contributed by atoms with van der Waals surface area (Å²) < 4.78 is 0. The van der Waals surface area contributed by atoms with Crippen LogP contribution in [0.4, 0.5) is 0 Å². The van der Waals surface area contributed by atoms with E-state index in [1.54, 1.807) is 24.3 Å². The van der Waals surface area contributed by atoms with E-state index in [2.05, 4.69) is 10.6 Å². The molecule has 1 aromatic carbocycles. The number of amides is 2. The zero-order chi connectivity index (χ0) is 17.1. The van der Waals surface area contributed by atoms with Gasteiger partial charge in [-0.15, -0.1) is 0 Å². The molecule has 0 heterocycles. The highest BCUT2D eigenvalue weighted by molar-refractivity contribution is 6.07. The van der Waals surface area contributed by atoms with Gasteiger partial charge in [0.1, 0.15) is 0 Å². The Bertz CT molecular complexity index is 652. The highest BCUT2D eigenvalue weighted by Crippen LogP contribution is 2.27. The number of carbonyl (C=O) groups excluding carboxylic acids is 3. The number of nitrogens with one attached hydrogen (secondary N) is 2. The van der Waals surface area contributed by atoms with Crippen LogP contribution in [0.3, 0.4) is 0 Å². The van der Waals surface area contributed by atoms with Gasteiger partial charge in [0.2, 0.25) is 5.91 Å². The van der Waals surface area contributed by atoms with E-state index >= 15 is 0 Å². The quantitative estimate of drug-likeness (QED) is 0.815. The van der Waals surface area contributed by atoms with Gasteiger partial charge in [0.15, 0.2) is 5.78 Å². The average Bonchev–Trinajstić information content (AvgIpc) is 3.39. The minimum atomic E-state index is -0.228. The molecule has 2 atom stereocenters. The summed E-state index contributed by atoms with van der Waals surface area (Å²) in [7, 11) is 0. The van der Waals surface area contributed by atoms with E-state index in [0.29, 0.717) is 23.6 Å². The molecule has 0 unspecified atom stereocenters. The highest BCUT2D eigenvalue weighted by atomic mass is 16.2. The van der Waals surface area contributed by atoms with E-state index in [4.69, 9.17) is 0 Å². The van der Waals surface area contributed by atoms with Crippen LogP contribution in [0.5, 0.6) is 0 Å². The monoisotopic (exact) mass is 328 g/mol. The van der Waals surface area contributed by atoms with Crippen LogP contribution in [0.2, 0.25) is 0 Å². The maximum absolute atomic E-state index is 12.5. The minimum absolute atomic E-state index is 0.0128. The molecule has 2 aliphatic rings. The number of carbonyl (C=O) groups is 3. The van der Waals surface area contributed by atoms with Crippen molar-refractivity contribution in [1.29, 1.82) is 0 Å². The van der Waals surface area contributed by atoms with Crippen molar-refractivity contribution >= 4 is 17.6 Å². The summed E-state index contributed by atoms with van der Waals surface area (Å²) >= 11 is 0. The molecule has 0 spiro atoms. The van der Waals surface area contributed by atoms with Crippen LogP contribution in [0.1, 0.15) is 66.2 Å². The predicted molar refractivity (Wildman–Crippen MR) is 90.8 cm³/mol. The van der Waals surface area contributed by atoms with Crippen molar-refractivity contribution in [2.24, 2.45) is 5.92 Å². The normalized spacial score (nSPS) is 23.4. The molecule has 2 saturated carbocycles. The summed E-state index contributed by atoms with van der Waals surface area (Å²) in [5.41, 5.74) is 0.850. The highest BCUT2D eigenvalue weighted by Gasteiger charge is 2.32. The molecule has 128 valence electrons. The Morgan fingerprint density at radius 1 is 0.917 bits per heavy atom. The first-order valence-electron chi connectivity index (χ1n) is 8.76. The second-order valence-electron chi connectivity index (χ2n) is 6.92. The van der Waals surface area contributed by atoms with Crippen molar-refractivity contribution < 1.29 is 14.4 Å². The predicted octanol–water partition coefficient (Wildman–Crippen LogP) is 2.46. The first-order chi connectivity index (χ1) is 11.5. The van der Waals surface area contributed by atoms with Crippen LogP contribution in [-0.4, -0.2) is 29.7 Å². The molecule has 0 radical (unpaired) electrons. The molecule has 5 heteroatoms. The zero-order valence-corrected chi connectivity index (χ0v) is 14.0. The molecule has 2 fully saturated rings. The summed E-state index contributed by atoms with van der Waals surface area (Å²) in [5, 5.41) is 6.07. The molecule has 5 nitrogen and oxygen atoms in total. The Morgan fingerprint density at radius 2 is 1.62 bits per heavy atom. The molecule has 2 amide bonds. The minimum Gasteiger partial charge on any atom is -0.353 e. The van der Waals surface area contributed by atoms with Crippen LogP contribution >= 0.6 is 0 Å². The van der Waals surface area contributed by atoms with Gasteiger partial charge in [-0.25, -0.2) is 0 Å². The maximum atomic E-state index is 12.5. The molecule has 0 aromatic heterocycles. The van der Waals surface area contributed by atoms with E-state index in [9.17, 15) is 14.4 Å². The number of benzene rings is 1. The first-order valence-corrected chi connectivity index (χ1v) is 8.76. The van der Waals surface area contributed by atoms with Crippen molar-refractivity contribution in [3.8, 4) is 0 Å². The van der Waals surface area contributed by atoms with Crippen LogP contribution in [0.15, 0.2) is 24.3 Å². The van der Waals surface area contributed by atoms with Crippen LogP contribution < -0.4 is 10.6 Å². The molecule has 2 aliphatic carbocycles. The Balaban J connectivity index is 1.61. The van der Waals surface area contributed by atoms with Gasteiger partial charge in [0.05, 0.1) is 5.56 Å². The molecular formula is C19H24N2O3. The lowest BCUT2D eigenvalue weighted by Gasteiger charge is -2.29.